The summed E-state index contributed by atoms with van der Waals surface area (Å²) in [6.45, 7) is 4.85. The minimum Gasteiger partial charge on any atom is -0.338 e. The Morgan fingerprint density at radius 2 is 2.12 bits per heavy atom. The first-order chi connectivity index (χ1) is 12.5. The van der Waals surface area contributed by atoms with Gasteiger partial charge >= 0.3 is 0 Å². The molecule has 1 amide bonds. The van der Waals surface area contributed by atoms with Crippen molar-refractivity contribution >= 4 is 16.8 Å². The highest BCUT2D eigenvalue weighted by molar-refractivity contribution is 5.97. The average molecular weight is 354 g/mol. The fourth-order valence-corrected chi connectivity index (χ4v) is 4.10. The standard InChI is InChI=1S/C20H26N4O2/c1-20(12-21)8-10-23(13-20)18(25)14-6-7-15-16(11-14)22-17-5-3-2-4-9-24(17)19(15)26/h6-7,11H,2-5,8-10,12-13,21H2,1H3. The predicted octanol–water partition coefficient (Wildman–Crippen LogP) is 1.93. The molecule has 0 bridgehead atoms. The van der Waals surface area contributed by atoms with Crippen LogP contribution in [0.3, 0.4) is 0 Å². The molecule has 1 aromatic carbocycles. The Labute approximate surface area is 153 Å². The van der Waals surface area contributed by atoms with Crippen molar-refractivity contribution < 1.29 is 4.79 Å². The van der Waals surface area contributed by atoms with Gasteiger partial charge in [-0.25, -0.2) is 4.98 Å². The third kappa shape index (κ3) is 2.92. The molecule has 1 atom stereocenters. The van der Waals surface area contributed by atoms with Crippen molar-refractivity contribution in [2.45, 2.75) is 45.6 Å². The van der Waals surface area contributed by atoms with Crippen LogP contribution in [0.15, 0.2) is 23.0 Å². The number of nitrogens with zero attached hydrogens (tertiary/aromatic N) is 3. The van der Waals surface area contributed by atoms with Crippen LogP contribution in [0.5, 0.6) is 0 Å². The van der Waals surface area contributed by atoms with Crippen LogP contribution in [-0.2, 0) is 13.0 Å². The largest absolute Gasteiger partial charge is 0.338 e. The van der Waals surface area contributed by atoms with E-state index in [4.69, 9.17) is 10.7 Å². The van der Waals surface area contributed by atoms with Crippen LogP contribution < -0.4 is 11.3 Å². The number of aryl methyl sites for hydroxylation is 1. The zero-order valence-corrected chi connectivity index (χ0v) is 15.3. The number of hydrogen-bond donors (Lipinski definition) is 1. The summed E-state index contributed by atoms with van der Waals surface area (Å²) >= 11 is 0. The van der Waals surface area contributed by atoms with E-state index in [1.54, 1.807) is 18.2 Å². The molecule has 0 radical (unpaired) electrons. The number of benzene rings is 1. The zero-order chi connectivity index (χ0) is 18.3. The van der Waals surface area contributed by atoms with E-state index in [-0.39, 0.29) is 16.9 Å². The molecular weight excluding hydrogens is 328 g/mol. The number of carbonyl (C=O) groups is 1. The molecular formula is C20H26N4O2. The summed E-state index contributed by atoms with van der Waals surface area (Å²) in [6, 6.07) is 5.30. The molecule has 6 heteroatoms. The summed E-state index contributed by atoms with van der Waals surface area (Å²) in [5.41, 5.74) is 7.11. The molecule has 26 heavy (non-hydrogen) atoms. The first-order valence-corrected chi connectivity index (χ1v) is 9.54. The van der Waals surface area contributed by atoms with E-state index >= 15 is 0 Å². The van der Waals surface area contributed by atoms with Crippen LogP contribution in [-0.4, -0.2) is 40.0 Å². The molecule has 6 nitrogen and oxygen atoms in total. The van der Waals surface area contributed by atoms with Crippen molar-refractivity contribution in [2.75, 3.05) is 19.6 Å². The topological polar surface area (TPSA) is 81.2 Å². The van der Waals surface area contributed by atoms with Crippen LogP contribution in [0.25, 0.3) is 10.9 Å². The summed E-state index contributed by atoms with van der Waals surface area (Å²) in [5, 5.41) is 0.598. The molecule has 4 rings (SSSR count). The molecule has 1 fully saturated rings. The number of rotatable bonds is 2. The van der Waals surface area contributed by atoms with Crippen molar-refractivity contribution in [3.8, 4) is 0 Å². The number of nitrogens with two attached hydrogens (primary N) is 1. The van der Waals surface area contributed by atoms with Gasteiger partial charge in [0.05, 0.1) is 10.9 Å². The molecule has 1 aromatic heterocycles. The van der Waals surface area contributed by atoms with Crippen LogP contribution in [0.4, 0.5) is 0 Å². The van der Waals surface area contributed by atoms with Gasteiger partial charge in [0.1, 0.15) is 5.82 Å². The number of aromatic nitrogens is 2. The van der Waals surface area contributed by atoms with Crippen molar-refractivity contribution in [3.63, 3.8) is 0 Å². The summed E-state index contributed by atoms with van der Waals surface area (Å²) in [6.07, 6.45) is 4.95. The van der Waals surface area contributed by atoms with Gasteiger partial charge in [0.2, 0.25) is 0 Å². The Hall–Kier alpha value is -2.21. The van der Waals surface area contributed by atoms with Gasteiger partial charge < -0.3 is 10.6 Å². The summed E-state index contributed by atoms with van der Waals surface area (Å²) in [5.74, 6) is 0.849. The Kier molecular flexibility index (Phi) is 4.31. The van der Waals surface area contributed by atoms with Gasteiger partial charge in [-0.3, -0.25) is 14.2 Å². The maximum Gasteiger partial charge on any atom is 0.261 e. The van der Waals surface area contributed by atoms with E-state index < -0.39 is 0 Å². The molecule has 0 saturated carbocycles. The first kappa shape index (κ1) is 17.2. The van der Waals surface area contributed by atoms with Crippen molar-refractivity contribution in [2.24, 2.45) is 11.1 Å². The molecule has 3 heterocycles. The van der Waals surface area contributed by atoms with E-state index in [1.807, 2.05) is 9.47 Å². The van der Waals surface area contributed by atoms with Gasteiger partial charge in [-0.05, 0) is 49.4 Å². The van der Waals surface area contributed by atoms with Crippen LogP contribution in [0, 0.1) is 5.41 Å². The van der Waals surface area contributed by atoms with Gasteiger partial charge in [0.25, 0.3) is 11.5 Å². The summed E-state index contributed by atoms with van der Waals surface area (Å²) < 4.78 is 1.81. The highest BCUT2D eigenvalue weighted by atomic mass is 16.2. The normalized spacial score (nSPS) is 23.1. The Morgan fingerprint density at radius 1 is 1.27 bits per heavy atom. The maximum absolute atomic E-state index is 12.9. The molecule has 2 aliphatic heterocycles. The third-order valence-corrected chi connectivity index (χ3v) is 5.90. The molecule has 0 aliphatic carbocycles. The second-order valence-electron chi connectivity index (χ2n) is 8.02. The van der Waals surface area contributed by atoms with Crippen LogP contribution in [0.1, 0.15) is 48.8 Å². The van der Waals surface area contributed by atoms with Crippen molar-refractivity contribution in [1.82, 2.24) is 14.5 Å². The predicted molar refractivity (Wildman–Crippen MR) is 101 cm³/mol. The molecule has 2 aromatic rings. The molecule has 1 unspecified atom stereocenters. The molecule has 2 N–H and O–H groups in total. The van der Waals surface area contributed by atoms with E-state index in [0.717, 1.165) is 51.0 Å². The number of likely N-dealkylation sites (tertiary alicyclic amines) is 1. The molecule has 138 valence electrons. The lowest BCUT2D eigenvalue weighted by molar-refractivity contribution is 0.0777. The lowest BCUT2D eigenvalue weighted by Crippen LogP contribution is -2.34. The highest BCUT2D eigenvalue weighted by Gasteiger charge is 2.35. The SMILES string of the molecule is CC1(CN)CCN(C(=O)c2ccc3c(=O)n4c(nc3c2)CCCCC4)C1. The van der Waals surface area contributed by atoms with Crippen molar-refractivity contribution in [1.29, 1.82) is 0 Å². The van der Waals surface area contributed by atoms with Crippen molar-refractivity contribution in [3.05, 3.63) is 39.9 Å². The Balaban J connectivity index is 1.70. The van der Waals surface area contributed by atoms with Gasteiger partial charge in [0, 0.05) is 31.6 Å². The number of carbonyl (C=O) groups excluding carboxylic acids is 1. The fourth-order valence-electron chi connectivity index (χ4n) is 4.10. The number of hydrogen-bond acceptors (Lipinski definition) is 4. The smallest absolute Gasteiger partial charge is 0.261 e. The number of fused-ring (bicyclic) bond motifs is 2. The van der Waals surface area contributed by atoms with Gasteiger partial charge in [-0.1, -0.05) is 13.3 Å². The quantitative estimate of drug-likeness (QED) is 0.893. The van der Waals surface area contributed by atoms with Crippen LogP contribution >= 0.6 is 0 Å². The van der Waals surface area contributed by atoms with Gasteiger partial charge in [0.15, 0.2) is 0 Å². The fraction of sp³-hybridized carbons (Fsp3) is 0.550. The van der Waals surface area contributed by atoms with Gasteiger partial charge in [-0.15, -0.1) is 0 Å². The lowest BCUT2D eigenvalue weighted by Gasteiger charge is -2.22. The van der Waals surface area contributed by atoms with Crippen LogP contribution in [0.2, 0.25) is 0 Å². The Bertz CT molecular complexity index is 920. The maximum atomic E-state index is 12.9. The van der Waals surface area contributed by atoms with E-state index in [0.29, 0.717) is 29.6 Å². The summed E-state index contributed by atoms with van der Waals surface area (Å²) in [4.78, 5) is 32.3. The Morgan fingerprint density at radius 3 is 2.88 bits per heavy atom. The van der Waals surface area contributed by atoms with E-state index in [9.17, 15) is 9.59 Å². The zero-order valence-electron chi connectivity index (χ0n) is 15.3. The third-order valence-electron chi connectivity index (χ3n) is 5.90. The second kappa shape index (κ2) is 6.50. The minimum atomic E-state index is 0.000852. The first-order valence-electron chi connectivity index (χ1n) is 9.54. The second-order valence-corrected chi connectivity index (χ2v) is 8.02. The summed E-state index contributed by atoms with van der Waals surface area (Å²) in [7, 11) is 0. The average Bonchev–Trinajstić information content (AvgIpc) is 2.89. The molecule has 2 aliphatic rings. The number of amides is 1. The lowest BCUT2D eigenvalue weighted by atomic mass is 9.90. The van der Waals surface area contributed by atoms with E-state index in [2.05, 4.69) is 6.92 Å². The van der Waals surface area contributed by atoms with Gasteiger partial charge in [-0.2, -0.15) is 0 Å². The molecule has 1 saturated heterocycles. The highest BCUT2D eigenvalue weighted by Crippen LogP contribution is 2.29. The molecule has 0 spiro atoms. The monoisotopic (exact) mass is 354 g/mol. The minimum absolute atomic E-state index is 0.000852. The van der Waals surface area contributed by atoms with E-state index in [1.165, 1.54) is 0 Å².